The molecule has 3 amide bonds. The number of thioether (sulfide) groups is 1. The molecule has 2 aliphatic heterocycles. The van der Waals surface area contributed by atoms with Gasteiger partial charge in [0, 0.05) is 48.0 Å². The minimum absolute atomic E-state index is 0.0414. The van der Waals surface area contributed by atoms with Crippen LogP contribution in [0.2, 0.25) is 5.02 Å². The molecule has 3 aromatic rings. The number of rotatable bonds is 8. The van der Waals surface area contributed by atoms with Gasteiger partial charge >= 0.3 is 11.7 Å². The molecule has 44 heavy (non-hydrogen) atoms. The van der Waals surface area contributed by atoms with Crippen LogP contribution in [-0.2, 0) is 35.5 Å². The molecule has 1 unspecified atom stereocenters. The first kappa shape index (κ1) is 32.1. The Morgan fingerprint density at radius 1 is 1.14 bits per heavy atom. The lowest BCUT2D eigenvalue weighted by Crippen LogP contribution is -2.51. The molecule has 3 heterocycles. The molecule has 0 spiro atoms. The molecule has 1 atom stereocenters. The summed E-state index contributed by atoms with van der Waals surface area (Å²) in [5.41, 5.74) is 0.522. The third-order valence-corrected chi connectivity index (χ3v) is 9.95. The summed E-state index contributed by atoms with van der Waals surface area (Å²) in [5, 5.41) is 2.75. The van der Waals surface area contributed by atoms with Crippen LogP contribution in [0.3, 0.4) is 0 Å². The third kappa shape index (κ3) is 6.85. The van der Waals surface area contributed by atoms with Crippen molar-refractivity contribution >= 4 is 52.2 Å². The average Bonchev–Trinajstić information content (AvgIpc) is 3.17. The number of nitrogens with one attached hydrogen (secondary N) is 1. The fraction of sp³-hybridized carbons (Fsp3) is 0.400. The highest BCUT2D eigenvalue weighted by atomic mass is 35.5. The second-order valence-corrected chi connectivity index (χ2v) is 13.6. The van der Waals surface area contributed by atoms with Gasteiger partial charge in [0.1, 0.15) is 18.1 Å². The van der Waals surface area contributed by atoms with Gasteiger partial charge in [-0.3, -0.25) is 18.7 Å². The van der Waals surface area contributed by atoms with E-state index in [0.29, 0.717) is 32.5 Å². The van der Waals surface area contributed by atoms with Crippen molar-refractivity contribution in [1.82, 2.24) is 18.9 Å². The van der Waals surface area contributed by atoms with Gasteiger partial charge in [0.05, 0.1) is 23.4 Å². The van der Waals surface area contributed by atoms with Crippen LogP contribution < -0.4 is 16.6 Å². The first-order valence-corrected chi connectivity index (χ1v) is 17.5. The summed E-state index contributed by atoms with van der Waals surface area (Å²) < 4.78 is 28.0. The van der Waals surface area contributed by atoms with E-state index in [0.717, 1.165) is 37.8 Å². The van der Waals surface area contributed by atoms with Crippen LogP contribution in [0.1, 0.15) is 18.4 Å². The summed E-state index contributed by atoms with van der Waals surface area (Å²) >= 11 is 6.53. The van der Waals surface area contributed by atoms with E-state index in [4.69, 9.17) is 11.6 Å². The third-order valence-electron chi connectivity index (χ3n) is 8.08. The molecule has 1 fully saturated rings. The number of aromatic nitrogens is 2. The first-order chi connectivity index (χ1) is 21.1. The minimum Gasteiger partial charge on any atom is -0.617 e. The van der Waals surface area contributed by atoms with Gasteiger partial charge in [0.15, 0.2) is 0 Å². The van der Waals surface area contributed by atoms with Crippen molar-refractivity contribution in [1.29, 1.82) is 0 Å². The molecule has 0 aliphatic carbocycles. The van der Waals surface area contributed by atoms with Gasteiger partial charge < -0.3 is 19.7 Å². The molecule has 10 nitrogen and oxygen atoms in total. The van der Waals surface area contributed by atoms with Gasteiger partial charge in [-0.05, 0) is 55.3 Å². The predicted molar refractivity (Wildman–Crippen MR) is 172 cm³/mol. The molecule has 0 bridgehead atoms. The molecule has 234 valence electrons. The second-order valence-electron chi connectivity index (χ2n) is 10.8. The number of amides is 3. The number of carbonyl (C=O) groups is 2. The van der Waals surface area contributed by atoms with Crippen molar-refractivity contribution < 1.29 is 18.5 Å². The molecule has 1 aromatic heterocycles. The van der Waals surface area contributed by atoms with Crippen molar-refractivity contribution in [3.8, 4) is 11.1 Å². The largest absolute Gasteiger partial charge is 0.617 e. The van der Waals surface area contributed by atoms with Gasteiger partial charge in [-0.25, -0.2) is 14.0 Å². The Bertz CT molecular complexity index is 1690. The van der Waals surface area contributed by atoms with Crippen molar-refractivity contribution in [2.24, 2.45) is 0 Å². The van der Waals surface area contributed by atoms with E-state index in [9.17, 15) is 28.1 Å². The minimum atomic E-state index is -1.29. The maximum absolute atomic E-state index is 14.3. The van der Waals surface area contributed by atoms with Gasteiger partial charge in [-0.2, -0.15) is 0 Å². The van der Waals surface area contributed by atoms with Crippen LogP contribution in [0.15, 0.2) is 57.1 Å². The van der Waals surface area contributed by atoms with Gasteiger partial charge in [0.25, 0.3) is 5.56 Å². The summed E-state index contributed by atoms with van der Waals surface area (Å²) in [6.45, 7) is 0.864. The van der Waals surface area contributed by atoms with Gasteiger partial charge in [-0.1, -0.05) is 34.9 Å². The summed E-state index contributed by atoms with van der Waals surface area (Å²) in [6, 6.07) is 9.84. The molecule has 0 radical (unpaired) electrons. The van der Waals surface area contributed by atoms with E-state index in [2.05, 4.69) is 11.4 Å². The van der Waals surface area contributed by atoms with E-state index < -0.39 is 28.2 Å². The number of anilines is 1. The molecule has 14 heteroatoms. The van der Waals surface area contributed by atoms with Crippen LogP contribution in [0, 0.1) is 5.82 Å². The highest BCUT2D eigenvalue weighted by Crippen LogP contribution is 2.29. The summed E-state index contributed by atoms with van der Waals surface area (Å²) in [5.74, 6) is -1.01. The van der Waals surface area contributed by atoms with Crippen molar-refractivity contribution in [3.63, 3.8) is 0 Å². The number of benzene rings is 2. The fourth-order valence-corrected chi connectivity index (χ4v) is 6.79. The Balaban J connectivity index is 1.31. The Kier molecular flexibility index (Phi) is 10.1. The average molecular weight is 662 g/mol. The highest BCUT2D eigenvalue weighted by Gasteiger charge is 2.32. The maximum atomic E-state index is 14.3. The molecule has 1 N–H and O–H groups in total. The van der Waals surface area contributed by atoms with Crippen molar-refractivity contribution in [3.05, 3.63) is 79.8 Å². The smallest absolute Gasteiger partial charge is 0.331 e. The Hall–Kier alpha value is -3.26. The summed E-state index contributed by atoms with van der Waals surface area (Å²) in [4.78, 5) is 57.7. The number of halogens is 2. The molecule has 0 saturated carbocycles. The number of hydrogen-bond donors (Lipinski definition) is 1. The van der Waals surface area contributed by atoms with Crippen LogP contribution in [0.4, 0.5) is 14.9 Å². The number of carbonyl (C=O) groups excluding carboxylic acids is 2. The number of urea groups is 1. The van der Waals surface area contributed by atoms with E-state index in [1.54, 1.807) is 16.7 Å². The molecule has 5 rings (SSSR count). The molecule has 2 aromatic carbocycles. The Labute approximate surface area is 266 Å². The second kappa shape index (κ2) is 13.8. The standard InChI is InChI=1S/C30H33ClFN5O5S2/c1-43-21-6-7-25-19(16-21)8-13-36(29(40)33-25)20-9-11-34(12-10-20)26(38)18-35-17-23(22-4-3-5-24(32)27(22)31)28(39)37(30(35)41)14-15-44(2)42/h3-7,16-17,20H,8-15,18H2,1-2H3,(H,33,40). The SMILES string of the molecule is CSc1ccc2c(c1)CCN(C1CCN(C(=O)Cn3cc(-c4cccc(F)c4Cl)c(=O)n(CC[S+](C)[O-])c3=O)CC1)C(=O)N2. The van der Waals surface area contributed by atoms with Crippen LogP contribution >= 0.6 is 23.4 Å². The van der Waals surface area contributed by atoms with Crippen LogP contribution in [0.25, 0.3) is 11.1 Å². The lowest BCUT2D eigenvalue weighted by molar-refractivity contribution is -0.133. The monoisotopic (exact) mass is 661 g/mol. The Morgan fingerprint density at radius 2 is 1.89 bits per heavy atom. The number of nitrogens with zero attached hydrogens (tertiary/aromatic N) is 4. The Morgan fingerprint density at radius 3 is 2.59 bits per heavy atom. The molecular weight excluding hydrogens is 629 g/mol. The maximum Gasteiger partial charge on any atom is 0.331 e. The normalized spacial score (nSPS) is 16.3. The first-order valence-electron chi connectivity index (χ1n) is 14.2. The quantitative estimate of drug-likeness (QED) is 0.291. The lowest BCUT2D eigenvalue weighted by atomic mass is 10.0. The summed E-state index contributed by atoms with van der Waals surface area (Å²) in [6.07, 6.45) is 6.58. The highest BCUT2D eigenvalue weighted by molar-refractivity contribution is 7.98. The number of fused-ring (bicyclic) bond motifs is 1. The van der Waals surface area contributed by atoms with E-state index >= 15 is 0 Å². The zero-order valence-electron chi connectivity index (χ0n) is 24.4. The van der Waals surface area contributed by atoms with Gasteiger partial charge in [-0.15, -0.1) is 11.8 Å². The van der Waals surface area contributed by atoms with E-state index in [-0.39, 0.29) is 53.0 Å². The predicted octanol–water partition coefficient (Wildman–Crippen LogP) is 3.65. The zero-order chi connectivity index (χ0) is 31.5. The number of hydrogen-bond acceptors (Lipinski definition) is 6. The van der Waals surface area contributed by atoms with Crippen molar-refractivity contribution in [2.75, 3.05) is 43.2 Å². The molecular formula is C30H33ClFN5O5S2. The van der Waals surface area contributed by atoms with Gasteiger partial charge in [0.2, 0.25) is 5.91 Å². The number of piperidine rings is 1. The van der Waals surface area contributed by atoms with E-state index in [1.807, 2.05) is 23.3 Å². The summed E-state index contributed by atoms with van der Waals surface area (Å²) in [7, 11) is 0. The fourth-order valence-electron chi connectivity index (χ4n) is 5.66. The molecule has 2 aliphatic rings. The lowest BCUT2D eigenvalue weighted by Gasteiger charge is -2.38. The zero-order valence-corrected chi connectivity index (χ0v) is 26.8. The van der Waals surface area contributed by atoms with E-state index in [1.165, 1.54) is 24.6 Å². The molecule has 1 saturated heterocycles. The van der Waals surface area contributed by atoms with Crippen LogP contribution in [-0.4, -0.2) is 79.4 Å². The van der Waals surface area contributed by atoms with Crippen molar-refractivity contribution in [2.45, 2.75) is 43.3 Å². The number of likely N-dealkylation sites (tertiary alicyclic amines) is 1. The topological polar surface area (TPSA) is 120 Å². The van der Waals surface area contributed by atoms with Crippen LogP contribution in [0.5, 0.6) is 0 Å².